The zero-order valence-electron chi connectivity index (χ0n) is 12.5. The third-order valence-electron chi connectivity index (χ3n) is 3.73. The molecule has 1 rings (SSSR count). The molecule has 4 nitrogen and oxygen atoms in total. The quantitative estimate of drug-likeness (QED) is 0.640. The molecular formula is C14H30N2O2S. The van der Waals surface area contributed by atoms with Crippen molar-refractivity contribution < 1.29 is 8.42 Å². The van der Waals surface area contributed by atoms with Gasteiger partial charge in [0.15, 0.2) is 0 Å². The topological polar surface area (TPSA) is 58.2 Å². The second-order valence-corrected chi connectivity index (χ2v) is 7.66. The molecule has 0 aromatic heterocycles. The van der Waals surface area contributed by atoms with Gasteiger partial charge in [0.1, 0.15) is 0 Å². The zero-order valence-corrected chi connectivity index (χ0v) is 13.3. The highest BCUT2D eigenvalue weighted by molar-refractivity contribution is 7.89. The predicted molar refractivity (Wildman–Crippen MR) is 80.7 cm³/mol. The van der Waals surface area contributed by atoms with Crippen LogP contribution in [0.1, 0.15) is 58.8 Å². The van der Waals surface area contributed by atoms with Crippen LogP contribution in [0.4, 0.5) is 0 Å². The monoisotopic (exact) mass is 290 g/mol. The molecule has 0 aliphatic carbocycles. The molecule has 2 atom stereocenters. The van der Waals surface area contributed by atoms with E-state index < -0.39 is 10.0 Å². The van der Waals surface area contributed by atoms with E-state index in [1.165, 1.54) is 19.3 Å². The summed E-state index contributed by atoms with van der Waals surface area (Å²) < 4.78 is 26.9. The van der Waals surface area contributed by atoms with Gasteiger partial charge in [-0.1, -0.05) is 32.6 Å². The van der Waals surface area contributed by atoms with Crippen LogP contribution in [-0.2, 0) is 10.0 Å². The summed E-state index contributed by atoms with van der Waals surface area (Å²) in [4.78, 5) is 0. The molecule has 1 fully saturated rings. The highest BCUT2D eigenvalue weighted by atomic mass is 32.2. The predicted octanol–water partition coefficient (Wildman–Crippen LogP) is 2.26. The summed E-state index contributed by atoms with van der Waals surface area (Å²) in [6, 6.07) is 0.0680. The standard InChI is InChI=1S/C14H30N2O2S/c1-3-4-5-6-8-13(2)16-19(17,18)12-14-9-7-10-15-11-14/h13-16H,3-12H2,1-2H3. The minimum absolute atomic E-state index is 0.0680. The largest absolute Gasteiger partial charge is 0.316 e. The van der Waals surface area contributed by atoms with E-state index in [1.807, 2.05) is 6.92 Å². The van der Waals surface area contributed by atoms with Gasteiger partial charge in [0.05, 0.1) is 5.75 Å². The van der Waals surface area contributed by atoms with E-state index in [-0.39, 0.29) is 17.7 Å². The Morgan fingerprint density at radius 3 is 2.74 bits per heavy atom. The molecular weight excluding hydrogens is 260 g/mol. The first-order chi connectivity index (χ1) is 9.03. The van der Waals surface area contributed by atoms with Crippen molar-refractivity contribution in [2.75, 3.05) is 18.8 Å². The van der Waals surface area contributed by atoms with Crippen LogP contribution in [0, 0.1) is 5.92 Å². The summed E-state index contributed by atoms with van der Waals surface area (Å²) >= 11 is 0. The van der Waals surface area contributed by atoms with Crippen LogP contribution in [-0.4, -0.2) is 33.3 Å². The maximum absolute atomic E-state index is 12.1. The summed E-state index contributed by atoms with van der Waals surface area (Å²) in [6.45, 7) is 6.02. The van der Waals surface area contributed by atoms with E-state index in [0.29, 0.717) is 0 Å². The summed E-state index contributed by atoms with van der Waals surface area (Å²) in [5.74, 6) is 0.554. The SMILES string of the molecule is CCCCCCC(C)NS(=O)(=O)CC1CCCNC1. The van der Waals surface area contributed by atoms with Gasteiger partial charge < -0.3 is 5.32 Å². The molecule has 0 saturated carbocycles. The number of piperidine rings is 1. The molecule has 0 spiro atoms. The molecule has 19 heavy (non-hydrogen) atoms. The smallest absolute Gasteiger partial charge is 0.212 e. The Morgan fingerprint density at radius 1 is 1.32 bits per heavy atom. The summed E-state index contributed by atoms with van der Waals surface area (Å²) in [6.07, 6.45) is 7.84. The lowest BCUT2D eigenvalue weighted by Gasteiger charge is -2.23. The van der Waals surface area contributed by atoms with Gasteiger partial charge in [-0.2, -0.15) is 0 Å². The fourth-order valence-corrected chi connectivity index (χ4v) is 4.40. The molecule has 5 heteroatoms. The molecule has 1 aliphatic rings. The Morgan fingerprint density at radius 2 is 2.11 bits per heavy atom. The molecule has 1 saturated heterocycles. The Bertz CT molecular complexity index is 324. The fourth-order valence-electron chi connectivity index (χ4n) is 2.67. The molecule has 0 bridgehead atoms. The van der Waals surface area contributed by atoms with Crippen molar-refractivity contribution in [2.45, 2.75) is 64.8 Å². The normalized spacial score (nSPS) is 22.3. The maximum Gasteiger partial charge on any atom is 0.212 e. The van der Waals surface area contributed by atoms with Crippen LogP contribution in [0.25, 0.3) is 0 Å². The van der Waals surface area contributed by atoms with Crippen molar-refractivity contribution in [3.05, 3.63) is 0 Å². The van der Waals surface area contributed by atoms with E-state index >= 15 is 0 Å². The minimum atomic E-state index is -3.11. The van der Waals surface area contributed by atoms with Crippen LogP contribution >= 0.6 is 0 Å². The Balaban J connectivity index is 2.24. The third kappa shape index (κ3) is 7.90. The molecule has 114 valence electrons. The lowest BCUT2D eigenvalue weighted by molar-refractivity contribution is 0.401. The number of nitrogens with one attached hydrogen (secondary N) is 2. The van der Waals surface area contributed by atoms with Gasteiger partial charge in [-0.25, -0.2) is 13.1 Å². The average molecular weight is 290 g/mol. The maximum atomic E-state index is 12.1. The van der Waals surface area contributed by atoms with E-state index in [4.69, 9.17) is 0 Å². The fraction of sp³-hybridized carbons (Fsp3) is 1.00. The van der Waals surface area contributed by atoms with Crippen molar-refractivity contribution >= 4 is 10.0 Å². The van der Waals surface area contributed by atoms with Gasteiger partial charge in [-0.15, -0.1) is 0 Å². The molecule has 0 amide bonds. The van der Waals surface area contributed by atoms with Crippen LogP contribution in [0.5, 0.6) is 0 Å². The van der Waals surface area contributed by atoms with Gasteiger partial charge in [-0.05, 0) is 45.2 Å². The number of hydrogen-bond donors (Lipinski definition) is 2. The second-order valence-electron chi connectivity index (χ2n) is 5.86. The van der Waals surface area contributed by atoms with Gasteiger partial charge in [-0.3, -0.25) is 0 Å². The highest BCUT2D eigenvalue weighted by Crippen LogP contribution is 2.13. The van der Waals surface area contributed by atoms with E-state index in [0.717, 1.165) is 38.8 Å². The second kappa shape index (κ2) is 8.93. The number of unbranched alkanes of at least 4 members (excludes halogenated alkanes) is 3. The summed E-state index contributed by atoms with van der Waals surface area (Å²) in [5, 5.41) is 3.27. The Labute approximate surface area is 118 Å². The number of rotatable bonds is 9. The van der Waals surface area contributed by atoms with Gasteiger partial charge in [0, 0.05) is 6.04 Å². The number of sulfonamides is 1. The Hall–Kier alpha value is -0.130. The highest BCUT2D eigenvalue weighted by Gasteiger charge is 2.22. The summed E-state index contributed by atoms with van der Waals surface area (Å²) in [5.41, 5.74) is 0. The van der Waals surface area contributed by atoms with Crippen molar-refractivity contribution in [1.29, 1.82) is 0 Å². The first-order valence-corrected chi connectivity index (χ1v) is 9.39. The lowest BCUT2D eigenvalue weighted by Crippen LogP contribution is -2.40. The Kier molecular flexibility index (Phi) is 7.95. The van der Waals surface area contributed by atoms with Gasteiger partial charge >= 0.3 is 0 Å². The van der Waals surface area contributed by atoms with Crippen molar-refractivity contribution in [1.82, 2.24) is 10.0 Å². The molecule has 2 N–H and O–H groups in total. The van der Waals surface area contributed by atoms with E-state index in [2.05, 4.69) is 17.0 Å². The summed E-state index contributed by atoms with van der Waals surface area (Å²) in [7, 11) is -3.11. The molecule has 1 aliphatic heterocycles. The van der Waals surface area contributed by atoms with E-state index in [1.54, 1.807) is 0 Å². The van der Waals surface area contributed by atoms with Gasteiger partial charge in [0.2, 0.25) is 10.0 Å². The zero-order chi connectivity index (χ0) is 14.1. The van der Waals surface area contributed by atoms with Gasteiger partial charge in [0.25, 0.3) is 0 Å². The molecule has 2 unspecified atom stereocenters. The van der Waals surface area contributed by atoms with Crippen molar-refractivity contribution in [2.24, 2.45) is 5.92 Å². The molecule has 0 aromatic rings. The molecule has 1 heterocycles. The van der Waals surface area contributed by atoms with Crippen LogP contribution in [0.3, 0.4) is 0 Å². The van der Waals surface area contributed by atoms with E-state index in [9.17, 15) is 8.42 Å². The number of hydrogen-bond acceptors (Lipinski definition) is 3. The lowest BCUT2D eigenvalue weighted by atomic mass is 10.0. The third-order valence-corrected chi connectivity index (χ3v) is 5.40. The first kappa shape index (κ1) is 16.9. The van der Waals surface area contributed by atoms with Crippen molar-refractivity contribution in [3.63, 3.8) is 0 Å². The average Bonchev–Trinajstić information content (AvgIpc) is 2.34. The minimum Gasteiger partial charge on any atom is -0.316 e. The molecule has 0 aromatic carbocycles. The van der Waals surface area contributed by atoms with Crippen LogP contribution in [0.15, 0.2) is 0 Å². The van der Waals surface area contributed by atoms with Crippen LogP contribution in [0.2, 0.25) is 0 Å². The van der Waals surface area contributed by atoms with Crippen molar-refractivity contribution in [3.8, 4) is 0 Å². The first-order valence-electron chi connectivity index (χ1n) is 7.74. The van der Waals surface area contributed by atoms with Crippen LogP contribution < -0.4 is 10.0 Å². The molecule has 0 radical (unpaired) electrons.